The summed E-state index contributed by atoms with van der Waals surface area (Å²) in [6.07, 6.45) is 1.43. The summed E-state index contributed by atoms with van der Waals surface area (Å²) in [5, 5.41) is 2.74. The maximum absolute atomic E-state index is 10.8. The fraction of sp³-hybridized carbons (Fsp3) is 0.100. The van der Waals surface area contributed by atoms with Crippen LogP contribution in [0.5, 0.6) is 0 Å². The summed E-state index contributed by atoms with van der Waals surface area (Å²) < 4.78 is 8.16. The number of nitrogens with zero attached hydrogens (tertiary/aromatic N) is 2. The third-order valence-electron chi connectivity index (χ3n) is 2.11. The normalized spacial score (nSPS) is 10.1. The predicted octanol–water partition coefficient (Wildman–Crippen LogP) is 1.19. The van der Waals surface area contributed by atoms with E-state index in [0.717, 1.165) is 5.22 Å². The standard InChI is InChI=1S/C8H6O2.C2H3N3S/c1-10-8(9)7-4-5-2-3-6(5)7;3-2-4-1-5-6-2/h2-4H,1H3;1H,(H2,3,4,5). The van der Waals surface area contributed by atoms with Gasteiger partial charge in [-0.15, -0.1) is 0 Å². The van der Waals surface area contributed by atoms with Crippen molar-refractivity contribution in [3.63, 3.8) is 0 Å². The van der Waals surface area contributed by atoms with E-state index in [1.54, 1.807) is 0 Å². The van der Waals surface area contributed by atoms with Gasteiger partial charge in [0.1, 0.15) is 6.33 Å². The summed E-state index contributed by atoms with van der Waals surface area (Å²) in [4.78, 5) is 14.4. The number of esters is 1. The number of carbonyl (C=O) groups is 1. The number of anilines is 1. The molecular formula is C10H9N3O2S. The van der Waals surface area contributed by atoms with E-state index in [1.165, 1.54) is 30.2 Å². The van der Waals surface area contributed by atoms with Gasteiger partial charge in [-0.1, -0.05) is 12.1 Å². The minimum absolute atomic E-state index is 0.233. The number of hydrogen-bond acceptors (Lipinski definition) is 6. The Morgan fingerprint density at radius 2 is 2.31 bits per heavy atom. The lowest BCUT2D eigenvalue weighted by Gasteiger charge is -2.07. The Morgan fingerprint density at radius 1 is 1.50 bits per heavy atom. The highest BCUT2D eigenvalue weighted by Gasteiger charge is 2.13. The lowest BCUT2D eigenvalue weighted by molar-refractivity contribution is 0.0598. The molecule has 3 rings (SSSR count). The van der Waals surface area contributed by atoms with Gasteiger partial charge in [0, 0.05) is 11.5 Å². The molecule has 2 aliphatic carbocycles. The molecule has 0 fully saturated rings. The molecule has 0 saturated carbocycles. The maximum atomic E-state index is 10.8. The van der Waals surface area contributed by atoms with Crippen LogP contribution in [0.3, 0.4) is 0 Å². The van der Waals surface area contributed by atoms with E-state index < -0.39 is 0 Å². The first kappa shape index (κ1) is 10.6. The molecule has 82 valence electrons. The zero-order chi connectivity index (χ0) is 11.5. The Hall–Kier alpha value is -1.95. The van der Waals surface area contributed by atoms with Crippen molar-refractivity contribution in [1.29, 1.82) is 0 Å². The average Bonchev–Trinajstić information content (AvgIpc) is 2.73. The van der Waals surface area contributed by atoms with Gasteiger partial charge in [-0.05, 0) is 16.5 Å². The van der Waals surface area contributed by atoms with Gasteiger partial charge in [-0.3, -0.25) is 0 Å². The summed E-state index contributed by atoms with van der Waals surface area (Å²) in [5.41, 5.74) is 5.83. The number of rotatable bonds is 1. The fourth-order valence-corrected chi connectivity index (χ4v) is 1.55. The highest BCUT2D eigenvalue weighted by atomic mass is 32.1. The van der Waals surface area contributed by atoms with Crippen molar-refractivity contribution in [2.75, 3.05) is 12.8 Å². The highest BCUT2D eigenvalue weighted by Crippen LogP contribution is 2.15. The smallest absolute Gasteiger partial charge is 0.338 e. The molecule has 0 radical (unpaired) electrons. The first-order valence-electron chi connectivity index (χ1n) is 4.47. The second-order valence-electron chi connectivity index (χ2n) is 3.03. The van der Waals surface area contributed by atoms with Crippen LogP contribution in [0.1, 0.15) is 10.4 Å². The molecule has 0 amide bonds. The van der Waals surface area contributed by atoms with Crippen molar-refractivity contribution >= 4 is 22.6 Å². The molecule has 0 unspecified atom stereocenters. The Labute approximate surface area is 95.4 Å². The predicted molar refractivity (Wildman–Crippen MR) is 59.8 cm³/mol. The molecule has 0 bridgehead atoms. The van der Waals surface area contributed by atoms with Crippen LogP contribution < -0.4 is 5.73 Å². The van der Waals surface area contributed by atoms with Crippen molar-refractivity contribution in [2.24, 2.45) is 0 Å². The van der Waals surface area contributed by atoms with Gasteiger partial charge in [0.15, 0.2) is 5.13 Å². The number of benzene rings is 1. The van der Waals surface area contributed by atoms with E-state index in [2.05, 4.69) is 14.1 Å². The second-order valence-corrected chi connectivity index (χ2v) is 3.84. The number of methoxy groups -OCH3 is 1. The van der Waals surface area contributed by atoms with Crippen molar-refractivity contribution < 1.29 is 9.53 Å². The van der Waals surface area contributed by atoms with Gasteiger partial charge in [-0.2, -0.15) is 4.37 Å². The second kappa shape index (κ2) is 4.28. The van der Waals surface area contributed by atoms with Crippen LogP contribution in [0.25, 0.3) is 0 Å². The molecule has 1 aromatic rings. The largest absolute Gasteiger partial charge is 0.465 e. The molecule has 1 heterocycles. The van der Waals surface area contributed by atoms with Crippen LogP contribution >= 0.6 is 11.5 Å². The number of nitrogen functional groups attached to an aromatic ring is 1. The molecule has 0 aromatic carbocycles. The van der Waals surface area contributed by atoms with Crippen LogP contribution in [0.2, 0.25) is 0 Å². The molecule has 0 aliphatic heterocycles. The van der Waals surface area contributed by atoms with Crippen LogP contribution in [0.15, 0.2) is 24.5 Å². The van der Waals surface area contributed by atoms with Crippen LogP contribution in [0.4, 0.5) is 5.13 Å². The van der Waals surface area contributed by atoms with Gasteiger partial charge < -0.3 is 10.5 Å². The van der Waals surface area contributed by atoms with E-state index in [1.807, 2.05) is 18.2 Å². The van der Waals surface area contributed by atoms with Crippen LogP contribution in [-0.2, 0) is 4.74 Å². The monoisotopic (exact) mass is 235 g/mol. The molecule has 2 N–H and O–H groups in total. The van der Waals surface area contributed by atoms with E-state index in [4.69, 9.17) is 5.73 Å². The quantitative estimate of drug-likeness (QED) is 0.641. The molecule has 5 nitrogen and oxygen atoms in total. The third kappa shape index (κ3) is 1.87. The molecule has 6 heteroatoms. The minimum Gasteiger partial charge on any atom is -0.465 e. The minimum atomic E-state index is -0.233. The number of nitrogens with two attached hydrogens (primary N) is 1. The first-order chi connectivity index (χ1) is 7.72. The molecule has 0 saturated heterocycles. The number of ether oxygens (including phenoxy) is 1. The summed E-state index contributed by atoms with van der Waals surface area (Å²) in [6.45, 7) is 0. The maximum Gasteiger partial charge on any atom is 0.338 e. The molecule has 16 heavy (non-hydrogen) atoms. The fourth-order valence-electron chi connectivity index (χ4n) is 1.25. The number of carbonyl (C=O) groups excluding carboxylic acids is 1. The average molecular weight is 235 g/mol. The van der Waals surface area contributed by atoms with Crippen molar-refractivity contribution in [1.82, 2.24) is 9.36 Å². The van der Waals surface area contributed by atoms with E-state index in [9.17, 15) is 4.79 Å². The first-order valence-corrected chi connectivity index (χ1v) is 5.24. The van der Waals surface area contributed by atoms with Gasteiger partial charge in [-0.25, -0.2) is 9.78 Å². The Bertz CT molecular complexity index is 595. The molecule has 0 spiro atoms. The zero-order valence-electron chi connectivity index (χ0n) is 8.51. The zero-order valence-corrected chi connectivity index (χ0v) is 9.32. The van der Waals surface area contributed by atoms with Crippen LogP contribution in [-0.4, -0.2) is 22.4 Å². The van der Waals surface area contributed by atoms with Gasteiger partial charge in [0.2, 0.25) is 0 Å². The summed E-state index contributed by atoms with van der Waals surface area (Å²) in [5.74, 6) is -0.233. The third-order valence-corrected chi connectivity index (χ3v) is 2.61. The number of aromatic nitrogens is 2. The Kier molecular flexibility index (Phi) is 2.82. The summed E-state index contributed by atoms with van der Waals surface area (Å²) in [7, 11) is 1.39. The lowest BCUT2D eigenvalue weighted by atomic mass is 9.99. The van der Waals surface area contributed by atoms with E-state index in [0.29, 0.717) is 10.7 Å². The summed E-state index contributed by atoms with van der Waals surface area (Å²) in [6, 6.07) is 5.73. The molecule has 0 atom stereocenters. The highest BCUT2D eigenvalue weighted by molar-refractivity contribution is 7.09. The van der Waals surface area contributed by atoms with Crippen molar-refractivity contribution in [3.05, 3.63) is 40.5 Å². The topological polar surface area (TPSA) is 78.1 Å². The van der Waals surface area contributed by atoms with Crippen LogP contribution in [0, 0.1) is 10.4 Å². The van der Waals surface area contributed by atoms with E-state index in [-0.39, 0.29) is 5.97 Å². The Balaban J connectivity index is 0.000000138. The van der Waals surface area contributed by atoms with Gasteiger partial charge in [0.25, 0.3) is 0 Å². The van der Waals surface area contributed by atoms with E-state index >= 15 is 0 Å². The van der Waals surface area contributed by atoms with Gasteiger partial charge >= 0.3 is 5.97 Å². The molecule has 2 aliphatic rings. The summed E-state index contributed by atoms with van der Waals surface area (Å²) >= 11 is 1.19. The van der Waals surface area contributed by atoms with Crippen molar-refractivity contribution in [3.8, 4) is 0 Å². The van der Waals surface area contributed by atoms with Gasteiger partial charge in [0.05, 0.1) is 12.7 Å². The lowest BCUT2D eigenvalue weighted by Crippen LogP contribution is -2.07. The SMILES string of the molecule is COC(=O)c1cc2ccc1=2.Nc1ncns1. The van der Waals surface area contributed by atoms with Crippen molar-refractivity contribution in [2.45, 2.75) is 0 Å². The number of hydrogen-bond donors (Lipinski definition) is 1. The molecular weight excluding hydrogens is 226 g/mol. The molecule has 1 aromatic heterocycles. The Morgan fingerprint density at radius 3 is 2.56 bits per heavy atom.